The van der Waals surface area contributed by atoms with Gasteiger partial charge in [0.1, 0.15) is 18.3 Å². The van der Waals surface area contributed by atoms with Crippen LogP contribution in [0, 0.1) is 13.8 Å². The van der Waals surface area contributed by atoms with Gasteiger partial charge in [-0.05, 0) is 74.7 Å². The molecular formula is C37H43N3O5S. The first-order chi connectivity index (χ1) is 22.0. The number of hydrogen-bond donors (Lipinski definition) is 1. The Labute approximate surface area is 273 Å². The fourth-order valence-corrected chi connectivity index (χ4v) is 6.53. The Balaban J connectivity index is 1.81. The molecule has 0 spiro atoms. The maximum absolute atomic E-state index is 14.6. The van der Waals surface area contributed by atoms with Crippen molar-refractivity contribution in [3.05, 3.63) is 125 Å². The van der Waals surface area contributed by atoms with Crippen molar-refractivity contribution in [2.75, 3.05) is 18.0 Å². The lowest BCUT2D eigenvalue weighted by Gasteiger charge is -2.34. The summed E-state index contributed by atoms with van der Waals surface area (Å²) in [5, 5.41) is 3.06. The van der Waals surface area contributed by atoms with Crippen molar-refractivity contribution in [3.8, 4) is 5.75 Å². The number of benzene rings is 4. The second-order valence-corrected chi connectivity index (χ2v) is 13.4. The van der Waals surface area contributed by atoms with Crippen LogP contribution in [0.1, 0.15) is 42.5 Å². The average Bonchev–Trinajstić information content (AvgIpc) is 3.05. The Morgan fingerprint density at radius 3 is 2.09 bits per heavy atom. The number of sulfonamides is 1. The van der Waals surface area contributed by atoms with Gasteiger partial charge in [-0.2, -0.15) is 0 Å². The van der Waals surface area contributed by atoms with Gasteiger partial charge in [-0.3, -0.25) is 13.9 Å². The summed E-state index contributed by atoms with van der Waals surface area (Å²) in [5.74, 6) is -0.252. The normalized spacial score (nSPS) is 12.5. The Bertz CT molecular complexity index is 1710. The third-order valence-electron chi connectivity index (χ3n) is 7.96. The molecule has 0 radical (unpaired) electrons. The van der Waals surface area contributed by atoms with E-state index in [9.17, 15) is 18.0 Å². The summed E-state index contributed by atoms with van der Waals surface area (Å²) < 4.78 is 34.8. The van der Waals surface area contributed by atoms with Crippen molar-refractivity contribution >= 4 is 27.5 Å². The molecule has 2 atom stereocenters. The molecular weight excluding hydrogens is 598 g/mol. The lowest BCUT2D eigenvalue weighted by atomic mass is 10.0. The minimum atomic E-state index is -4.18. The highest BCUT2D eigenvalue weighted by atomic mass is 32.2. The standard InChI is InChI=1S/C37H43N3O5S/c1-6-29(4)38-37(42)35(24-30-12-8-7-9-13-30)39(25-31-14-10-11-28(3)23-31)36(41)26-40(32-17-19-33(45-5)20-18-32)46(43,44)34-21-15-27(2)16-22-34/h7-23,29,35H,6,24-26H2,1-5H3,(H,38,42)/t29-,35-/m1/s1. The predicted molar refractivity (Wildman–Crippen MR) is 182 cm³/mol. The van der Waals surface area contributed by atoms with E-state index in [-0.39, 0.29) is 29.8 Å². The van der Waals surface area contributed by atoms with Crippen LogP contribution in [0.3, 0.4) is 0 Å². The number of rotatable bonds is 14. The third-order valence-corrected chi connectivity index (χ3v) is 9.74. The molecule has 4 aromatic rings. The molecule has 4 rings (SSSR count). The number of nitrogens with one attached hydrogen (secondary N) is 1. The zero-order chi connectivity index (χ0) is 33.3. The van der Waals surface area contributed by atoms with Crippen LogP contribution in [0.15, 0.2) is 108 Å². The number of hydrogen-bond acceptors (Lipinski definition) is 5. The van der Waals surface area contributed by atoms with Gasteiger partial charge in [0.05, 0.1) is 17.7 Å². The van der Waals surface area contributed by atoms with Gasteiger partial charge < -0.3 is 15.0 Å². The largest absolute Gasteiger partial charge is 0.497 e. The number of carbonyl (C=O) groups is 2. The minimum absolute atomic E-state index is 0.0577. The van der Waals surface area contributed by atoms with E-state index in [0.717, 1.165) is 33.0 Å². The zero-order valence-electron chi connectivity index (χ0n) is 27.1. The second-order valence-electron chi connectivity index (χ2n) is 11.6. The van der Waals surface area contributed by atoms with Crippen LogP contribution < -0.4 is 14.4 Å². The number of aryl methyl sites for hydroxylation is 2. The molecule has 8 nitrogen and oxygen atoms in total. The smallest absolute Gasteiger partial charge is 0.264 e. The second kappa shape index (κ2) is 15.6. The molecule has 0 saturated heterocycles. The van der Waals surface area contributed by atoms with E-state index >= 15 is 0 Å². The van der Waals surface area contributed by atoms with E-state index in [1.807, 2.05) is 82.3 Å². The molecule has 0 heterocycles. The molecule has 0 aromatic heterocycles. The van der Waals surface area contributed by atoms with Crippen LogP contribution in [-0.4, -0.2) is 50.9 Å². The summed E-state index contributed by atoms with van der Waals surface area (Å²) in [6.45, 7) is 7.34. The first kappa shape index (κ1) is 34.2. The van der Waals surface area contributed by atoms with Crippen LogP contribution in [0.4, 0.5) is 5.69 Å². The molecule has 0 aliphatic rings. The molecule has 0 fully saturated rings. The van der Waals surface area contributed by atoms with Crippen LogP contribution >= 0.6 is 0 Å². The Hall–Kier alpha value is -4.63. The van der Waals surface area contributed by atoms with Gasteiger partial charge in [0.2, 0.25) is 11.8 Å². The van der Waals surface area contributed by atoms with Crippen molar-refractivity contribution < 1.29 is 22.7 Å². The van der Waals surface area contributed by atoms with Gasteiger partial charge in [-0.25, -0.2) is 8.42 Å². The van der Waals surface area contributed by atoms with Crippen molar-refractivity contribution in [2.24, 2.45) is 0 Å². The first-order valence-corrected chi connectivity index (χ1v) is 16.9. The minimum Gasteiger partial charge on any atom is -0.497 e. The van der Waals surface area contributed by atoms with Crippen molar-refractivity contribution in [1.29, 1.82) is 0 Å². The molecule has 0 unspecified atom stereocenters. The molecule has 9 heteroatoms. The topological polar surface area (TPSA) is 96.0 Å². The summed E-state index contributed by atoms with van der Waals surface area (Å²) in [6.07, 6.45) is 0.976. The maximum Gasteiger partial charge on any atom is 0.264 e. The van der Waals surface area contributed by atoms with E-state index < -0.39 is 28.5 Å². The number of nitrogens with zero attached hydrogens (tertiary/aromatic N) is 2. The van der Waals surface area contributed by atoms with Crippen LogP contribution in [0.25, 0.3) is 0 Å². The number of carbonyl (C=O) groups excluding carboxylic acids is 2. The molecule has 242 valence electrons. The number of anilines is 1. The fourth-order valence-electron chi connectivity index (χ4n) is 5.12. The molecule has 0 aliphatic heterocycles. The quantitative estimate of drug-likeness (QED) is 0.181. The van der Waals surface area contributed by atoms with E-state index in [2.05, 4.69) is 5.32 Å². The highest BCUT2D eigenvalue weighted by Crippen LogP contribution is 2.27. The van der Waals surface area contributed by atoms with Crippen LogP contribution in [0.5, 0.6) is 5.75 Å². The van der Waals surface area contributed by atoms with Gasteiger partial charge >= 0.3 is 0 Å². The molecule has 46 heavy (non-hydrogen) atoms. The number of amides is 2. The average molecular weight is 642 g/mol. The van der Waals surface area contributed by atoms with E-state index in [1.165, 1.54) is 24.1 Å². The van der Waals surface area contributed by atoms with Gasteiger partial charge in [0, 0.05) is 19.0 Å². The molecule has 4 aromatic carbocycles. The summed E-state index contributed by atoms with van der Waals surface area (Å²) in [7, 11) is -2.65. The summed E-state index contributed by atoms with van der Waals surface area (Å²) >= 11 is 0. The number of methoxy groups -OCH3 is 1. The summed E-state index contributed by atoms with van der Waals surface area (Å²) in [4.78, 5) is 30.1. The van der Waals surface area contributed by atoms with Crippen LogP contribution in [-0.2, 0) is 32.6 Å². The lowest BCUT2D eigenvalue weighted by Crippen LogP contribution is -2.54. The van der Waals surface area contributed by atoms with Crippen molar-refractivity contribution in [2.45, 2.75) is 64.1 Å². The summed E-state index contributed by atoms with van der Waals surface area (Å²) in [6, 6.07) is 29.3. The first-order valence-electron chi connectivity index (χ1n) is 15.4. The molecule has 2 amide bonds. The lowest BCUT2D eigenvalue weighted by molar-refractivity contribution is -0.140. The van der Waals surface area contributed by atoms with E-state index in [0.29, 0.717) is 11.4 Å². The molecule has 1 N–H and O–H groups in total. The highest BCUT2D eigenvalue weighted by molar-refractivity contribution is 7.92. The van der Waals surface area contributed by atoms with Crippen LogP contribution in [0.2, 0.25) is 0 Å². The van der Waals surface area contributed by atoms with E-state index in [1.54, 1.807) is 36.4 Å². The summed E-state index contributed by atoms with van der Waals surface area (Å²) in [5.41, 5.74) is 3.93. The maximum atomic E-state index is 14.6. The fraction of sp³-hybridized carbons (Fsp3) is 0.297. The SMILES string of the molecule is CC[C@@H](C)NC(=O)[C@@H](Cc1ccccc1)N(Cc1cccc(C)c1)C(=O)CN(c1ccc(OC)cc1)S(=O)(=O)c1ccc(C)cc1. The highest BCUT2D eigenvalue weighted by Gasteiger charge is 2.35. The van der Waals surface area contributed by atoms with Crippen molar-refractivity contribution in [3.63, 3.8) is 0 Å². The van der Waals surface area contributed by atoms with Crippen molar-refractivity contribution in [1.82, 2.24) is 10.2 Å². The molecule has 0 aliphatic carbocycles. The molecule has 0 bridgehead atoms. The van der Waals surface area contributed by atoms with Gasteiger partial charge in [0.25, 0.3) is 10.0 Å². The van der Waals surface area contributed by atoms with Gasteiger partial charge in [-0.1, -0.05) is 84.8 Å². The Morgan fingerprint density at radius 1 is 0.826 bits per heavy atom. The van der Waals surface area contributed by atoms with Gasteiger partial charge in [-0.15, -0.1) is 0 Å². The zero-order valence-corrected chi connectivity index (χ0v) is 28.0. The third kappa shape index (κ3) is 8.75. The Morgan fingerprint density at radius 2 is 1.48 bits per heavy atom. The monoisotopic (exact) mass is 641 g/mol. The Kier molecular flexibility index (Phi) is 11.6. The predicted octanol–water partition coefficient (Wildman–Crippen LogP) is 6.06. The number of ether oxygens (including phenoxy) is 1. The van der Waals surface area contributed by atoms with Gasteiger partial charge in [0.15, 0.2) is 0 Å². The van der Waals surface area contributed by atoms with E-state index in [4.69, 9.17) is 4.74 Å². The molecule has 0 saturated carbocycles.